The Morgan fingerprint density at radius 2 is 2.16 bits per heavy atom. The van der Waals surface area contributed by atoms with Crippen molar-refractivity contribution in [2.24, 2.45) is 17.6 Å². The molecule has 0 aliphatic carbocycles. The largest absolute Gasteiger partial charge is 0.495 e. The van der Waals surface area contributed by atoms with Gasteiger partial charge in [0.25, 0.3) is 0 Å². The summed E-state index contributed by atoms with van der Waals surface area (Å²) < 4.78 is 11.1. The Morgan fingerprint density at radius 3 is 2.80 bits per heavy atom. The van der Waals surface area contributed by atoms with Gasteiger partial charge in [-0.15, -0.1) is 0 Å². The molecule has 2 heterocycles. The highest BCUT2D eigenvalue weighted by Crippen LogP contribution is 2.33. The van der Waals surface area contributed by atoms with E-state index < -0.39 is 0 Å². The summed E-state index contributed by atoms with van der Waals surface area (Å²) in [6.45, 7) is 3.42. The summed E-state index contributed by atoms with van der Waals surface area (Å²) in [7, 11) is 1.59. The smallest absolute Gasteiger partial charge is 0.223 e. The van der Waals surface area contributed by atoms with Gasteiger partial charge in [0.2, 0.25) is 5.91 Å². The summed E-state index contributed by atoms with van der Waals surface area (Å²) in [4.78, 5) is 14.0. The third-order valence-electron chi connectivity index (χ3n) is 5.39. The fraction of sp³-hybridized carbons (Fsp3) is 0.579. The highest BCUT2D eigenvalue weighted by Gasteiger charge is 2.39. The Morgan fingerprint density at radius 1 is 1.40 bits per heavy atom. The van der Waals surface area contributed by atoms with Crippen molar-refractivity contribution in [1.29, 1.82) is 5.26 Å². The fourth-order valence-corrected chi connectivity index (χ4v) is 4.00. The molecule has 3 rings (SSSR count). The maximum atomic E-state index is 11.6. The molecule has 25 heavy (non-hydrogen) atoms. The van der Waals surface area contributed by atoms with Gasteiger partial charge in [-0.05, 0) is 56.0 Å². The van der Waals surface area contributed by atoms with Crippen LogP contribution < -0.4 is 10.5 Å². The zero-order chi connectivity index (χ0) is 17.8. The molecular formula is C19H25N3O3. The summed E-state index contributed by atoms with van der Waals surface area (Å²) in [5, 5.41) is 9.07. The molecule has 0 bridgehead atoms. The zero-order valence-corrected chi connectivity index (χ0v) is 14.6. The minimum absolute atomic E-state index is 0.00495. The number of nitriles is 1. The first-order chi connectivity index (χ1) is 12.1. The summed E-state index contributed by atoms with van der Waals surface area (Å²) in [5.41, 5.74) is 7.21. The Balaban J connectivity index is 1.56. The van der Waals surface area contributed by atoms with Crippen LogP contribution in [0.4, 0.5) is 0 Å². The molecule has 0 radical (unpaired) electrons. The lowest BCUT2D eigenvalue weighted by Gasteiger charge is -2.35. The van der Waals surface area contributed by atoms with Crippen molar-refractivity contribution in [2.75, 3.05) is 26.8 Å². The lowest BCUT2D eigenvalue weighted by atomic mass is 9.84. The van der Waals surface area contributed by atoms with Crippen LogP contribution in [0.3, 0.4) is 0 Å². The number of rotatable bonds is 5. The van der Waals surface area contributed by atoms with Crippen LogP contribution in [0.15, 0.2) is 18.2 Å². The molecule has 2 saturated heterocycles. The molecule has 6 heteroatoms. The Labute approximate surface area is 148 Å². The van der Waals surface area contributed by atoms with Crippen LogP contribution in [0.1, 0.15) is 30.4 Å². The Kier molecular flexibility index (Phi) is 5.57. The van der Waals surface area contributed by atoms with Gasteiger partial charge in [-0.2, -0.15) is 5.26 Å². The maximum Gasteiger partial charge on any atom is 0.223 e. The van der Waals surface area contributed by atoms with Gasteiger partial charge in [-0.3, -0.25) is 9.69 Å². The molecule has 2 aliphatic rings. The van der Waals surface area contributed by atoms with E-state index in [1.54, 1.807) is 7.11 Å². The van der Waals surface area contributed by atoms with Gasteiger partial charge in [-0.1, -0.05) is 6.07 Å². The monoisotopic (exact) mass is 343 g/mol. The number of amides is 1. The highest BCUT2D eigenvalue weighted by molar-refractivity contribution is 5.77. The first kappa shape index (κ1) is 17.7. The van der Waals surface area contributed by atoms with E-state index in [2.05, 4.69) is 11.0 Å². The molecule has 2 N–H and O–H groups in total. The molecule has 0 saturated carbocycles. The number of piperidine rings is 1. The number of hydrogen-bond acceptors (Lipinski definition) is 5. The van der Waals surface area contributed by atoms with Gasteiger partial charge in [0.05, 0.1) is 24.7 Å². The summed E-state index contributed by atoms with van der Waals surface area (Å²) in [6.07, 6.45) is 2.78. The quantitative estimate of drug-likeness (QED) is 0.878. The van der Waals surface area contributed by atoms with Crippen molar-refractivity contribution in [3.05, 3.63) is 29.3 Å². The van der Waals surface area contributed by atoms with E-state index in [-0.39, 0.29) is 17.9 Å². The molecule has 0 unspecified atom stereocenters. The average molecular weight is 343 g/mol. The van der Waals surface area contributed by atoms with E-state index in [4.69, 9.17) is 20.5 Å². The molecule has 2 atom stereocenters. The van der Waals surface area contributed by atoms with Crippen molar-refractivity contribution in [3.63, 3.8) is 0 Å². The highest BCUT2D eigenvalue weighted by atomic mass is 16.5. The van der Waals surface area contributed by atoms with E-state index in [0.717, 1.165) is 44.5 Å². The summed E-state index contributed by atoms with van der Waals surface area (Å²) in [6, 6.07) is 7.87. The molecule has 1 amide bonds. The van der Waals surface area contributed by atoms with Gasteiger partial charge in [0, 0.05) is 13.2 Å². The first-order valence-corrected chi connectivity index (χ1v) is 8.82. The summed E-state index contributed by atoms with van der Waals surface area (Å²) >= 11 is 0. The number of nitrogens with two attached hydrogens (primary N) is 1. The molecule has 1 aromatic rings. The van der Waals surface area contributed by atoms with Crippen molar-refractivity contribution >= 4 is 5.91 Å². The number of hydrogen-bond donors (Lipinski definition) is 1. The van der Waals surface area contributed by atoms with Crippen LogP contribution in [0.5, 0.6) is 5.75 Å². The van der Waals surface area contributed by atoms with Crippen LogP contribution in [-0.4, -0.2) is 43.7 Å². The van der Waals surface area contributed by atoms with E-state index in [0.29, 0.717) is 23.8 Å². The maximum absolute atomic E-state index is 11.6. The van der Waals surface area contributed by atoms with Gasteiger partial charge in [0.15, 0.2) is 0 Å². The number of carbonyl (C=O) groups excluding carboxylic acids is 1. The van der Waals surface area contributed by atoms with Crippen molar-refractivity contribution < 1.29 is 14.3 Å². The zero-order valence-electron chi connectivity index (χ0n) is 14.6. The third-order valence-corrected chi connectivity index (χ3v) is 5.39. The van der Waals surface area contributed by atoms with E-state index >= 15 is 0 Å². The molecule has 2 fully saturated rings. The minimum atomic E-state index is -0.227. The van der Waals surface area contributed by atoms with Crippen molar-refractivity contribution in [2.45, 2.75) is 31.9 Å². The van der Waals surface area contributed by atoms with E-state index in [9.17, 15) is 4.79 Å². The topological polar surface area (TPSA) is 88.6 Å². The summed E-state index contributed by atoms with van der Waals surface area (Å²) in [5.74, 6) is 0.680. The van der Waals surface area contributed by atoms with Gasteiger partial charge in [-0.25, -0.2) is 0 Å². The first-order valence-electron chi connectivity index (χ1n) is 8.82. The number of benzene rings is 1. The molecule has 6 nitrogen and oxygen atoms in total. The average Bonchev–Trinajstić information content (AvgIpc) is 3.12. The van der Waals surface area contributed by atoms with Crippen LogP contribution in [0, 0.1) is 23.2 Å². The third kappa shape index (κ3) is 3.94. The lowest BCUT2D eigenvalue weighted by molar-refractivity contribution is -0.124. The van der Waals surface area contributed by atoms with Gasteiger partial charge < -0.3 is 15.2 Å². The predicted molar refractivity (Wildman–Crippen MR) is 92.8 cm³/mol. The SMILES string of the molecule is COc1cc(CN2CCC([C@H]3OCC[C@@H]3C(N)=O)CC2)ccc1C#N. The number of nitrogens with zero attached hydrogens (tertiary/aromatic N) is 2. The van der Waals surface area contributed by atoms with Crippen LogP contribution in [0.25, 0.3) is 0 Å². The van der Waals surface area contributed by atoms with Crippen LogP contribution in [0.2, 0.25) is 0 Å². The number of primary amides is 1. The number of methoxy groups -OCH3 is 1. The second kappa shape index (κ2) is 7.85. The number of likely N-dealkylation sites (tertiary alicyclic amines) is 1. The van der Waals surface area contributed by atoms with E-state index in [1.165, 1.54) is 0 Å². The minimum Gasteiger partial charge on any atom is -0.495 e. The van der Waals surface area contributed by atoms with Gasteiger partial charge >= 0.3 is 0 Å². The second-order valence-electron chi connectivity index (χ2n) is 6.89. The lowest BCUT2D eigenvalue weighted by Crippen LogP contribution is -2.41. The van der Waals surface area contributed by atoms with Crippen molar-refractivity contribution in [1.82, 2.24) is 4.90 Å². The molecule has 0 aromatic heterocycles. The molecule has 134 valence electrons. The standard InChI is InChI=1S/C19H25N3O3/c1-24-17-10-13(2-3-15(17)11-20)12-22-7-4-14(5-8-22)18-16(19(21)23)6-9-25-18/h2-3,10,14,16,18H,4-9,12H2,1H3,(H2,21,23)/t16-,18+/m0/s1. The normalized spacial score (nSPS) is 24.8. The predicted octanol–water partition coefficient (Wildman–Crippen LogP) is 1.67. The van der Waals surface area contributed by atoms with Crippen LogP contribution >= 0.6 is 0 Å². The molecule has 1 aromatic carbocycles. The Hall–Kier alpha value is -2.10. The number of ether oxygens (including phenoxy) is 2. The van der Waals surface area contributed by atoms with Crippen LogP contribution in [-0.2, 0) is 16.1 Å². The molecule has 0 spiro atoms. The molecular weight excluding hydrogens is 318 g/mol. The van der Waals surface area contributed by atoms with Gasteiger partial charge in [0.1, 0.15) is 11.8 Å². The Bertz CT molecular complexity index is 662. The van der Waals surface area contributed by atoms with E-state index in [1.807, 2.05) is 18.2 Å². The molecule has 2 aliphatic heterocycles. The second-order valence-corrected chi connectivity index (χ2v) is 6.89. The number of carbonyl (C=O) groups is 1. The van der Waals surface area contributed by atoms with Crippen molar-refractivity contribution in [3.8, 4) is 11.8 Å². The fourth-order valence-electron chi connectivity index (χ4n) is 4.00.